The molecule has 1 aromatic carbocycles. The Kier molecular flexibility index (Phi) is 5.43. The van der Waals surface area contributed by atoms with Gasteiger partial charge in [-0.3, -0.25) is 4.79 Å². The molecule has 94 valence electrons. The van der Waals surface area contributed by atoms with E-state index in [0.29, 0.717) is 15.1 Å². The maximum absolute atomic E-state index is 12.0. The average Bonchev–Trinajstić information content (AvgIpc) is 2.30. The van der Waals surface area contributed by atoms with Crippen LogP contribution in [-0.2, 0) is 0 Å². The van der Waals surface area contributed by atoms with Crippen molar-refractivity contribution in [3.05, 3.63) is 33.3 Å². The predicted molar refractivity (Wildman–Crippen MR) is 72.3 cm³/mol. The summed E-state index contributed by atoms with van der Waals surface area (Å²) in [5.41, 5.74) is 0.495. The molecule has 17 heavy (non-hydrogen) atoms. The lowest BCUT2D eigenvalue weighted by Gasteiger charge is -2.19. The maximum atomic E-state index is 12.0. The van der Waals surface area contributed by atoms with Crippen LogP contribution in [0.3, 0.4) is 0 Å². The molecule has 1 rings (SSSR count). The summed E-state index contributed by atoms with van der Waals surface area (Å²) in [5, 5.41) is 12.3. The van der Waals surface area contributed by atoms with Crippen LogP contribution in [0.2, 0.25) is 5.02 Å². The quantitative estimate of drug-likeness (QED) is 0.896. The summed E-state index contributed by atoms with van der Waals surface area (Å²) in [5.74, 6) is -0.191. The Morgan fingerprint density at radius 3 is 2.76 bits per heavy atom. The number of aliphatic hydroxyl groups is 1. The van der Waals surface area contributed by atoms with Crippen LogP contribution in [0.5, 0.6) is 0 Å². The molecule has 0 saturated carbocycles. The molecule has 2 N–H and O–H groups in total. The van der Waals surface area contributed by atoms with Gasteiger partial charge < -0.3 is 10.4 Å². The Morgan fingerprint density at radius 2 is 2.18 bits per heavy atom. The van der Waals surface area contributed by atoms with E-state index in [1.165, 1.54) is 0 Å². The topological polar surface area (TPSA) is 49.3 Å². The second-order valence-electron chi connectivity index (χ2n) is 4.05. The van der Waals surface area contributed by atoms with Crippen LogP contribution >= 0.6 is 27.5 Å². The number of carbonyl (C=O) groups is 1. The van der Waals surface area contributed by atoms with Crippen LogP contribution in [-0.4, -0.2) is 23.7 Å². The Hall–Kier alpha value is -0.580. The molecule has 0 aromatic heterocycles. The molecule has 1 amide bonds. The van der Waals surface area contributed by atoms with E-state index < -0.39 is 0 Å². The zero-order valence-electron chi connectivity index (χ0n) is 9.71. The van der Waals surface area contributed by atoms with Gasteiger partial charge in [-0.15, -0.1) is 0 Å². The number of aliphatic hydroxyl groups excluding tert-OH is 1. The Morgan fingerprint density at radius 1 is 1.53 bits per heavy atom. The highest BCUT2D eigenvalue weighted by molar-refractivity contribution is 9.10. The lowest BCUT2D eigenvalue weighted by molar-refractivity contribution is 0.0915. The molecule has 2 atom stereocenters. The first kappa shape index (κ1) is 14.5. The number of benzene rings is 1. The molecule has 0 radical (unpaired) electrons. The number of amides is 1. The summed E-state index contributed by atoms with van der Waals surface area (Å²) in [6.07, 6.45) is 0. The van der Waals surface area contributed by atoms with Gasteiger partial charge in [-0.25, -0.2) is 0 Å². The van der Waals surface area contributed by atoms with Gasteiger partial charge >= 0.3 is 0 Å². The van der Waals surface area contributed by atoms with Gasteiger partial charge in [-0.2, -0.15) is 0 Å². The molecule has 0 bridgehead atoms. The van der Waals surface area contributed by atoms with E-state index in [9.17, 15) is 4.79 Å². The van der Waals surface area contributed by atoms with E-state index in [-0.39, 0.29) is 24.5 Å². The third-order valence-corrected chi connectivity index (χ3v) is 3.60. The third-order valence-electron chi connectivity index (χ3n) is 2.67. The van der Waals surface area contributed by atoms with Gasteiger partial charge in [0.15, 0.2) is 0 Å². The highest BCUT2D eigenvalue weighted by atomic mass is 79.9. The van der Waals surface area contributed by atoms with Crippen LogP contribution in [0.25, 0.3) is 0 Å². The van der Waals surface area contributed by atoms with Crippen LogP contribution in [0, 0.1) is 5.92 Å². The zero-order chi connectivity index (χ0) is 13.0. The first-order valence-corrected chi connectivity index (χ1v) is 6.49. The molecule has 5 heteroatoms. The smallest absolute Gasteiger partial charge is 0.252 e. The van der Waals surface area contributed by atoms with Crippen LogP contribution < -0.4 is 5.32 Å². The highest BCUT2D eigenvalue weighted by Gasteiger charge is 2.17. The van der Waals surface area contributed by atoms with Gasteiger partial charge in [0, 0.05) is 22.1 Å². The molecule has 3 nitrogen and oxygen atoms in total. The third kappa shape index (κ3) is 3.98. The van der Waals surface area contributed by atoms with Crippen molar-refractivity contribution in [3.8, 4) is 0 Å². The molecule has 0 saturated heterocycles. The first-order valence-electron chi connectivity index (χ1n) is 5.32. The van der Waals surface area contributed by atoms with Gasteiger partial charge in [0.25, 0.3) is 5.91 Å². The Labute approximate surface area is 114 Å². The minimum atomic E-state index is -0.202. The maximum Gasteiger partial charge on any atom is 0.252 e. The second-order valence-corrected chi connectivity index (χ2v) is 5.34. The van der Waals surface area contributed by atoms with Gasteiger partial charge in [0.1, 0.15) is 0 Å². The number of hydrogen-bond donors (Lipinski definition) is 2. The molecule has 2 unspecified atom stereocenters. The fraction of sp³-hybridized carbons (Fsp3) is 0.417. The van der Waals surface area contributed by atoms with E-state index in [4.69, 9.17) is 16.7 Å². The van der Waals surface area contributed by atoms with Gasteiger partial charge in [0.2, 0.25) is 0 Å². The van der Waals surface area contributed by atoms with Crippen molar-refractivity contribution in [2.24, 2.45) is 5.92 Å². The van der Waals surface area contributed by atoms with Crippen LogP contribution in [0.15, 0.2) is 22.7 Å². The summed E-state index contributed by atoms with van der Waals surface area (Å²) >= 11 is 9.15. The van der Waals surface area contributed by atoms with E-state index in [0.717, 1.165) is 0 Å². The summed E-state index contributed by atoms with van der Waals surface area (Å²) in [4.78, 5) is 12.0. The normalized spacial score (nSPS) is 14.2. The van der Waals surface area contributed by atoms with E-state index in [2.05, 4.69) is 21.2 Å². The molecular formula is C12H15BrClNO2. The molecule has 0 aliphatic rings. The number of rotatable bonds is 4. The molecule has 0 aliphatic carbocycles. The summed E-state index contributed by atoms with van der Waals surface area (Å²) in [6.45, 7) is 3.77. The fourth-order valence-electron chi connectivity index (χ4n) is 1.26. The van der Waals surface area contributed by atoms with Gasteiger partial charge in [0.05, 0.1) is 5.56 Å². The fourth-order valence-corrected chi connectivity index (χ4v) is 1.86. The minimum absolute atomic E-state index is 0.0110. The first-order chi connectivity index (χ1) is 7.95. The molecular weight excluding hydrogens is 305 g/mol. The second kappa shape index (κ2) is 6.38. The van der Waals surface area contributed by atoms with E-state index >= 15 is 0 Å². The molecule has 0 fully saturated rings. The van der Waals surface area contributed by atoms with Crippen molar-refractivity contribution in [2.45, 2.75) is 19.9 Å². The number of halogens is 2. The zero-order valence-corrected chi connectivity index (χ0v) is 12.0. The molecule has 1 aromatic rings. The minimum Gasteiger partial charge on any atom is -0.396 e. The Bertz CT molecular complexity index is 411. The van der Waals surface area contributed by atoms with Gasteiger partial charge in [-0.1, -0.05) is 18.5 Å². The SMILES string of the molecule is CC(CO)C(C)NC(=O)c1cc(Cl)ccc1Br. The lowest BCUT2D eigenvalue weighted by atomic mass is 10.0. The van der Waals surface area contributed by atoms with Gasteiger partial charge in [-0.05, 0) is 47.0 Å². The van der Waals surface area contributed by atoms with Crippen molar-refractivity contribution < 1.29 is 9.90 Å². The van der Waals surface area contributed by atoms with Crippen molar-refractivity contribution in [3.63, 3.8) is 0 Å². The Balaban J connectivity index is 2.79. The van der Waals surface area contributed by atoms with Crippen molar-refractivity contribution in [1.82, 2.24) is 5.32 Å². The average molecular weight is 321 g/mol. The summed E-state index contributed by atoms with van der Waals surface area (Å²) in [7, 11) is 0. The summed E-state index contributed by atoms with van der Waals surface area (Å²) < 4.78 is 0.697. The number of carbonyl (C=O) groups excluding carboxylic acids is 1. The van der Waals surface area contributed by atoms with Crippen LogP contribution in [0.1, 0.15) is 24.2 Å². The standard InChI is InChI=1S/C12H15BrClNO2/c1-7(6-16)8(2)15-12(17)10-5-9(14)3-4-11(10)13/h3-5,7-8,16H,6H2,1-2H3,(H,15,17). The number of hydrogen-bond acceptors (Lipinski definition) is 2. The molecule has 0 spiro atoms. The van der Waals surface area contributed by atoms with Crippen molar-refractivity contribution in [2.75, 3.05) is 6.61 Å². The monoisotopic (exact) mass is 319 g/mol. The summed E-state index contributed by atoms with van der Waals surface area (Å²) in [6, 6.07) is 4.95. The highest BCUT2D eigenvalue weighted by Crippen LogP contribution is 2.21. The largest absolute Gasteiger partial charge is 0.396 e. The van der Waals surface area contributed by atoms with Crippen molar-refractivity contribution >= 4 is 33.4 Å². The van der Waals surface area contributed by atoms with E-state index in [1.54, 1.807) is 18.2 Å². The molecule has 0 heterocycles. The van der Waals surface area contributed by atoms with Crippen molar-refractivity contribution in [1.29, 1.82) is 0 Å². The van der Waals surface area contributed by atoms with Crippen LogP contribution in [0.4, 0.5) is 0 Å². The predicted octanol–water partition coefficient (Wildman–Crippen LogP) is 2.85. The van der Waals surface area contributed by atoms with E-state index in [1.807, 2.05) is 13.8 Å². The lowest BCUT2D eigenvalue weighted by Crippen LogP contribution is -2.38. The molecule has 0 aliphatic heterocycles. The number of nitrogens with one attached hydrogen (secondary N) is 1.